The van der Waals surface area contributed by atoms with Gasteiger partial charge in [0.05, 0.1) is 36.0 Å². The summed E-state index contributed by atoms with van der Waals surface area (Å²) in [6, 6.07) is 10.6. The van der Waals surface area contributed by atoms with Crippen molar-refractivity contribution in [1.82, 2.24) is 29.7 Å². The van der Waals surface area contributed by atoms with Gasteiger partial charge in [-0.25, -0.2) is 4.98 Å². The minimum atomic E-state index is -0.0377. The molecule has 2 aromatic heterocycles. The number of imidazole rings is 1. The summed E-state index contributed by atoms with van der Waals surface area (Å²) in [5.41, 5.74) is 7.14. The third-order valence-electron chi connectivity index (χ3n) is 7.44. The molecule has 3 aromatic rings. The number of aromatic nitrogens is 3. The van der Waals surface area contributed by atoms with Crippen LogP contribution in [0.5, 0.6) is 0 Å². The van der Waals surface area contributed by atoms with Gasteiger partial charge in [0.2, 0.25) is 0 Å². The van der Waals surface area contributed by atoms with Gasteiger partial charge in [0, 0.05) is 50.0 Å². The quantitative estimate of drug-likeness (QED) is 0.570. The van der Waals surface area contributed by atoms with Crippen LogP contribution in [0.15, 0.2) is 49.1 Å². The first-order chi connectivity index (χ1) is 16.8. The molecule has 2 atom stereocenters. The highest BCUT2D eigenvalue weighted by Crippen LogP contribution is 2.44. The minimum Gasteiger partial charge on any atom is -0.336 e. The lowest BCUT2D eigenvalue weighted by Crippen LogP contribution is -2.54. The first-order valence-electron chi connectivity index (χ1n) is 12.4. The highest BCUT2D eigenvalue weighted by atomic mass is 35.5. The van der Waals surface area contributed by atoms with Crippen LogP contribution in [0.3, 0.4) is 0 Å². The summed E-state index contributed by atoms with van der Waals surface area (Å²) >= 11 is 6.61. The molecule has 6 nitrogen and oxygen atoms in total. The van der Waals surface area contributed by atoms with Crippen LogP contribution in [0.2, 0.25) is 5.02 Å². The molecule has 0 bridgehead atoms. The van der Waals surface area contributed by atoms with Gasteiger partial charge in [-0.05, 0) is 74.4 Å². The number of hydrogen-bond acceptors (Lipinski definition) is 5. The van der Waals surface area contributed by atoms with Gasteiger partial charge in [-0.15, -0.1) is 0 Å². The van der Waals surface area contributed by atoms with Crippen LogP contribution in [0.4, 0.5) is 0 Å². The van der Waals surface area contributed by atoms with Gasteiger partial charge in [0.15, 0.2) is 0 Å². The van der Waals surface area contributed by atoms with Crippen molar-refractivity contribution in [3.63, 3.8) is 0 Å². The van der Waals surface area contributed by atoms with Crippen molar-refractivity contribution < 1.29 is 0 Å². The number of halogens is 1. The fraction of sp³-hybridized carbons (Fsp3) is 0.429. The van der Waals surface area contributed by atoms with E-state index in [0.29, 0.717) is 0 Å². The van der Waals surface area contributed by atoms with E-state index in [4.69, 9.17) is 16.6 Å². The average Bonchev–Trinajstić information content (AvgIpc) is 3.20. The largest absolute Gasteiger partial charge is 0.336 e. The highest BCUT2D eigenvalue weighted by Gasteiger charge is 2.36. The lowest BCUT2D eigenvalue weighted by molar-refractivity contribution is 0.0486. The Kier molecular flexibility index (Phi) is 6.57. The predicted molar refractivity (Wildman–Crippen MR) is 143 cm³/mol. The number of benzene rings is 1. The monoisotopic (exact) mass is 490 g/mol. The molecular weight excluding hydrogens is 456 g/mol. The van der Waals surface area contributed by atoms with Gasteiger partial charge in [-0.2, -0.15) is 0 Å². The second-order valence-corrected chi connectivity index (χ2v) is 11.0. The second kappa shape index (κ2) is 9.51. The molecule has 1 aliphatic carbocycles. The molecule has 2 aliphatic rings. The molecule has 1 aliphatic heterocycles. The molecule has 2 unspecified atom stereocenters. The van der Waals surface area contributed by atoms with Crippen LogP contribution < -0.4 is 5.32 Å². The fourth-order valence-electron chi connectivity index (χ4n) is 5.56. The van der Waals surface area contributed by atoms with Crippen molar-refractivity contribution >= 4 is 23.3 Å². The molecule has 184 valence electrons. The molecule has 1 saturated heterocycles. The molecule has 1 aromatic carbocycles. The summed E-state index contributed by atoms with van der Waals surface area (Å²) in [5.74, 6) is 0. The summed E-state index contributed by atoms with van der Waals surface area (Å²) in [7, 11) is 4.04. The van der Waals surface area contributed by atoms with Gasteiger partial charge in [0.1, 0.15) is 0 Å². The Hall–Kier alpha value is -2.51. The zero-order valence-electron chi connectivity index (χ0n) is 21.3. The number of hydrogen-bond donors (Lipinski definition) is 1. The zero-order valence-corrected chi connectivity index (χ0v) is 22.0. The third-order valence-corrected chi connectivity index (χ3v) is 7.67. The van der Waals surface area contributed by atoms with Crippen molar-refractivity contribution in [2.24, 2.45) is 7.05 Å². The normalized spacial score (nSPS) is 20.1. The molecule has 3 heterocycles. The molecule has 35 heavy (non-hydrogen) atoms. The number of pyridine rings is 1. The van der Waals surface area contributed by atoms with E-state index in [1.54, 1.807) is 0 Å². The second-order valence-electron chi connectivity index (χ2n) is 10.6. The molecule has 0 spiro atoms. The smallest absolute Gasteiger partial charge is 0.0946 e. The van der Waals surface area contributed by atoms with Crippen LogP contribution in [0.1, 0.15) is 60.9 Å². The molecule has 0 saturated carbocycles. The van der Waals surface area contributed by atoms with Crippen molar-refractivity contribution in [1.29, 1.82) is 0 Å². The van der Waals surface area contributed by atoms with Gasteiger partial charge in [-0.3, -0.25) is 14.8 Å². The number of nitrogens with zero attached hydrogens (tertiary/aromatic N) is 5. The first kappa shape index (κ1) is 24.2. The number of piperazine rings is 1. The Morgan fingerprint density at radius 1 is 1.11 bits per heavy atom. The lowest BCUT2D eigenvalue weighted by Gasteiger charge is -2.44. The van der Waals surface area contributed by atoms with Gasteiger partial charge in [0.25, 0.3) is 0 Å². The Balaban J connectivity index is 1.65. The number of fused-ring (bicyclic) bond motifs is 2. The predicted octanol–water partition coefficient (Wildman–Crippen LogP) is 4.79. The molecule has 0 radical (unpaired) electrons. The number of aryl methyl sites for hydroxylation is 1. The Morgan fingerprint density at radius 3 is 2.54 bits per heavy atom. The van der Waals surface area contributed by atoms with Crippen LogP contribution in [-0.2, 0) is 7.05 Å². The summed E-state index contributed by atoms with van der Waals surface area (Å²) in [6.07, 6.45) is 7.99. The van der Waals surface area contributed by atoms with Crippen LogP contribution in [0.25, 0.3) is 11.6 Å². The molecule has 5 rings (SSSR count). The molecular formula is C28H35ClN6. The number of rotatable bonds is 4. The Bertz CT molecular complexity index is 1230. The standard InChI is InChI=1S/C28H35ClN6/c1-28(2,3)35-13-11-34(12-14-35)27-21-9-8-20(29)16-22(21)23(15-19-7-6-10-32-25(19)27)26(30-4)24-17-31-18-33(24)5/h6-10,15-18,26-27,30H,11-14H2,1-5H3. The van der Waals surface area contributed by atoms with Gasteiger partial charge >= 0.3 is 0 Å². The van der Waals surface area contributed by atoms with Crippen molar-refractivity contribution in [2.45, 2.75) is 38.4 Å². The maximum atomic E-state index is 6.61. The summed E-state index contributed by atoms with van der Waals surface area (Å²) in [5, 5.41) is 4.28. The SMILES string of the molecule is CNC(C1=Cc2cccnc2C(N2CCN(C(C)(C)C)CC2)c2ccc(Cl)cc21)c1cncn1C. The minimum absolute atomic E-state index is 0.0377. The lowest BCUT2D eigenvalue weighted by atomic mass is 9.90. The fourth-order valence-corrected chi connectivity index (χ4v) is 5.73. The van der Waals surface area contributed by atoms with E-state index in [9.17, 15) is 0 Å². The Labute approximate surface area is 213 Å². The van der Waals surface area contributed by atoms with E-state index in [-0.39, 0.29) is 17.6 Å². The van der Waals surface area contributed by atoms with Crippen LogP contribution >= 0.6 is 11.6 Å². The molecule has 0 amide bonds. The van der Waals surface area contributed by atoms with Crippen molar-refractivity contribution in [3.05, 3.63) is 82.2 Å². The first-order valence-corrected chi connectivity index (χ1v) is 12.7. The maximum absolute atomic E-state index is 6.61. The maximum Gasteiger partial charge on any atom is 0.0946 e. The topological polar surface area (TPSA) is 49.2 Å². The van der Waals surface area contributed by atoms with Crippen LogP contribution in [-0.4, -0.2) is 63.1 Å². The van der Waals surface area contributed by atoms with E-state index >= 15 is 0 Å². The molecule has 7 heteroatoms. The highest BCUT2D eigenvalue weighted by molar-refractivity contribution is 6.30. The van der Waals surface area contributed by atoms with E-state index < -0.39 is 0 Å². The van der Waals surface area contributed by atoms with Gasteiger partial charge in [-0.1, -0.05) is 23.7 Å². The summed E-state index contributed by atoms with van der Waals surface area (Å²) in [6.45, 7) is 11.0. The summed E-state index contributed by atoms with van der Waals surface area (Å²) < 4.78 is 2.07. The number of likely N-dealkylation sites (N-methyl/N-ethyl adjacent to an activating group) is 1. The average molecular weight is 491 g/mol. The Morgan fingerprint density at radius 2 is 1.89 bits per heavy atom. The van der Waals surface area contributed by atoms with E-state index in [0.717, 1.165) is 48.2 Å². The zero-order chi connectivity index (χ0) is 24.7. The van der Waals surface area contributed by atoms with Crippen molar-refractivity contribution in [2.75, 3.05) is 33.2 Å². The molecule has 1 N–H and O–H groups in total. The van der Waals surface area contributed by atoms with E-state index in [1.165, 1.54) is 16.7 Å². The summed E-state index contributed by atoms with van der Waals surface area (Å²) in [4.78, 5) is 14.5. The van der Waals surface area contributed by atoms with E-state index in [1.807, 2.05) is 44.9 Å². The van der Waals surface area contributed by atoms with Crippen LogP contribution in [0, 0.1) is 0 Å². The van der Waals surface area contributed by atoms with Crippen molar-refractivity contribution in [3.8, 4) is 0 Å². The van der Waals surface area contributed by atoms with Gasteiger partial charge < -0.3 is 9.88 Å². The number of nitrogens with one attached hydrogen (secondary N) is 1. The molecule has 1 fully saturated rings. The third kappa shape index (κ3) is 4.56. The van der Waals surface area contributed by atoms with E-state index in [2.05, 4.69) is 69.7 Å².